The SMILES string of the molecule is CCCOc1cccc(CCNC(=NC)NCCC(F)(F)F)c1.I. The third-order valence-electron chi connectivity index (χ3n) is 3.00. The van der Waals surface area contributed by atoms with Crippen LogP contribution in [-0.2, 0) is 6.42 Å². The fourth-order valence-corrected chi connectivity index (χ4v) is 1.88. The summed E-state index contributed by atoms with van der Waals surface area (Å²) in [6, 6.07) is 7.79. The Labute approximate surface area is 158 Å². The summed E-state index contributed by atoms with van der Waals surface area (Å²) in [6.45, 7) is 3.11. The normalized spacial score (nSPS) is 11.6. The highest BCUT2D eigenvalue weighted by atomic mass is 127. The molecule has 2 N–H and O–H groups in total. The maximum atomic E-state index is 12.1. The predicted octanol–water partition coefficient (Wildman–Crippen LogP) is 3.75. The van der Waals surface area contributed by atoms with Crippen molar-refractivity contribution < 1.29 is 17.9 Å². The molecular weight excluding hydrogens is 434 g/mol. The van der Waals surface area contributed by atoms with E-state index in [2.05, 4.69) is 15.6 Å². The van der Waals surface area contributed by atoms with Gasteiger partial charge in [0.05, 0.1) is 13.0 Å². The van der Waals surface area contributed by atoms with Crippen LogP contribution in [0.5, 0.6) is 5.75 Å². The topological polar surface area (TPSA) is 45.6 Å². The van der Waals surface area contributed by atoms with Gasteiger partial charge in [0.1, 0.15) is 5.75 Å². The second kappa shape index (κ2) is 12.2. The van der Waals surface area contributed by atoms with Gasteiger partial charge in [0.2, 0.25) is 0 Å². The number of aliphatic imine (C=N–C) groups is 1. The average molecular weight is 459 g/mol. The number of ether oxygens (including phenoxy) is 1. The summed E-state index contributed by atoms with van der Waals surface area (Å²) in [5, 5.41) is 5.64. The van der Waals surface area contributed by atoms with Gasteiger partial charge in [-0.2, -0.15) is 13.2 Å². The van der Waals surface area contributed by atoms with Crippen LogP contribution >= 0.6 is 24.0 Å². The van der Waals surface area contributed by atoms with Crippen LogP contribution in [0.15, 0.2) is 29.3 Å². The van der Waals surface area contributed by atoms with Crippen molar-refractivity contribution in [2.24, 2.45) is 4.99 Å². The number of rotatable bonds is 8. The van der Waals surface area contributed by atoms with E-state index in [9.17, 15) is 13.2 Å². The van der Waals surface area contributed by atoms with Crippen LogP contribution in [0, 0.1) is 0 Å². The van der Waals surface area contributed by atoms with Crippen LogP contribution in [0.25, 0.3) is 0 Å². The van der Waals surface area contributed by atoms with Crippen molar-refractivity contribution in [3.8, 4) is 5.75 Å². The van der Waals surface area contributed by atoms with Gasteiger partial charge in [0.25, 0.3) is 0 Å². The molecule has 0 saturated carbocycles. The molecule has 24 heavy (non-hydrogen) atoms. The highest BCUT2D eigenvalue weighted by Crippen LogP contribution is 2.18. The maximum absolute atomic E-state index is 12.1. The molecule has 0 fully saturated rings. The van der Waals surface area contributed by atoms with Gasteiger partial charge in [-0.15, -0.1) is 24.0 Å². The lowest BCUT2D eigenvalue weighted by molar-refractivity contribution is -0.132. The van der Waals surface area contributed by atoms with Crippen LogP contribution in [0.1, 0.15) is 25.3 Å². The van der Waals surface area contributed by atoms with E-state index in [-0.39, 0.29) is 30.5 Å². The van der Waals surface area contributed by atoms with E-state index in [1.807, 2.05) is 31.2 Å². The zero-order valence-corrected chi connectivity index (χ0v) is 16.3. The molecule has 1 rings (SSSR count). The van der Waals surface area contributed by atoms with E-state index in [4.69, 9.17) is 4.74 Å². The average Bonchev–Trinajstić information content (AvgIpc) is 2.50. The van der Waals surface area contributed by atoms with Gasteiger partial charge in [0, 0.05) is 20.1 Å². The minimum atomic E-state index is -4.16. The van der Waals surface area contributed by atoms with E-state index in [1.165, 1.54) is 7.05 Å². The number of hydrogen-bond acceptors (Lipinski definition) is 2. The zero-order valence-electron chi connectivity index (χ0n) is 13.9. The molecule has 0 amide bonds. The standard InChI is InChI=1S/C16H24F3N3O.HI/c1-3-11-23-14-6-4-5-13(12-14)7-9-21-15(20-2)22-10-8-16(17,18)19;/h4-6,12H,3,7-11H2,1-2H3,(H2,20,21,22);1H. The van der Waals surface area contributed by atoms with Crippen molar-refractivity contribution in [3.63, 3.8) is 0 Å². The van der Waals surface area contributed by atoms with E-state index >= 15 is 0 Å². The number of alkyl halides is 3. The van der Waals surface area contributed by atoms with Crippen molar-refractivity contribution in [2.75, 3.05) is 26.7 Å². The molecule has 0 heterocycles. The number of hydrogen-bond donors (Lipinski definition) is 2. The summed E-state index contributed by atoms with van der Waals surface area (Å²) >= 11 is 0. The van der Waals surface area contributed by atoms with Crippen LogP contribution in [0.2, 0.25) is 0 Å². The third kappa shape index (κ3) is 10.6. The summed E-state index contributed by atoms with van der Waals surface area (Å²) in [7, 11) is 1.53. The summed E-state index contributed by atoms with van der Waals surface area (Å²) in [4.78, 5) is 3.90. The van der Waals surface area contributed by atoms with Gasteiger partial charge in [-0.25, -0.2) is 0 Å². The molecule has 8 heteroatoms. The van der Waals surface area contributed by atoms with Crippen molar-refractivity contribution >= 4 is 29.9 Å². The molecule has 0 aliphatic rings. The first-order valence-electron chi connectivity index (χ1n) is 7.67. The molecule has 1 aromatic carbocycles. The van der Waals surface area contributed by atoms with E-state index in [1.54, 1.807) is 0 Å². The zero-order chi connectivity index (χ0) is 17.1. The van der Waals surface area contributed by atoms with E-state index in [0.29, 0.717) is 19.1 Å². The molecule has 0 aliphatic carbocycles. The van der Waals surface area contributed by atoms with Gasteiger partial charge < -0.3 is 15.4 Å². The lowest BCUT2D eigenvalue weighted by Crippen LogP contribution is -2.39. The Morgan fingerprint density at radius 3 is 2.54 bits per heavy atom. The monoisotopic (exact) mass is 459 g/mol. The Hall–Kier alpha value is -1.19. The Balaban J connectivity index is 0.00000529. The number of nitrogens with zero attached hydrogens (tertiary/aromatic N) is 1. The number of halogens is 4. The van der Waals surface area contributed by atoms with Gasteiger partial charge in [-0.1, -0.05) is 19.1 Å². The number of benzene rings is 1. The second-order valence-corrected chi connectivity index (χ2v) is 5.04. The van der Waals surface area contributed by atoms with E-state index < -0.39 is 12.6 Å². The van der Waals surface area contributed by atoms with Crippen LogP contribution in [0.3, 0.4) is 0 Å². The molecule has 1 aromatic rings. The molecule has 0 aliphatic heterocycles. The van der Waals surface area contributed by atoms with Gasteiger partial charge in [-0.3, -0.25) is 4.99 Å². The first-order valence-corrected chi connectivity index (χ1v) is 7.67. The minimum Gasteiger partial charge on any atom is -0.494 e. The molecule has 4 nitrogen and oxygen atoms in total. The summed E-state index contributed by atoms with van der Waals surface area (Å²) < 4.78 is 41.9. The Morgan fingerprint density at radius 1 is 1.21 bits per heavy atom. The molecule has 0 radical (unpaired) electrons. The van der Waals surface area contributed by atoms with E-state index in [0.717, 1.165) is 24.2 Å². The molecule has 0 aromatic heterocycles. The lowest BCUT2D eigenvalue weighted by Gasteiger charge is -2.13. The van der Waals surface area contributed by atoms with Crippen molar-refractivity contribution in [3.05, 3.63) is 29.8 Å². The largest absolute Gasteiger partial charge is 0.494 e. The second-order valence-electron chi connectivity index (χ2n) is 5.04. The van der Waals surface area contributed by atoms with Gasteiger partial charge in [-0.05, 0) is 30.5 Å². The molecule has 0 saturated heterocycles. The third-order valence-corrected chi connectivity index (χ3v) is 3.00. The molecular formula is C16H25F3IN3O. The minimum absolute atomic E-state index is 0. The molecule has 0 atom stereocenters. The molecule has 0 unspecified atom stereocenters. The predicted molar refractivity (Wildman–Crippen MR) is 101 cm³/mol. The quantitative estimate of drug-likeness (QED) is 0.354. The maximum Gasteiger partial charge on any atom is 0.390 e. The van der Waals surface area contributed by atoms with Crippen LogP contribution < -0.4 is 15.4 Å². The summed E-state index contributed by atoms with van der Waals surface area (Å²) in [6.07, 6.45) is -3.37. The Bertz CT molecular complexity index is 496. The Kier molecular flexibility index (Phi) is 11.6. The molecule has 0 spiro atoms. The molecule has 138 valence electrons. The number of guanidine groups is 1. The highest BCUT2D eigenvalue weighted by Gasteiger charge is 2.26. The smallest absolute Gasteiger partial charge is 0.390 e. The fourth-order valence-electron chi connectivity index (χ4n) is 1.88. The van der Waals surface area contributed by atoms with Crippen molar-refractivity contribution in [1.82, 2.24) is 10.6 Å². The first-order chi connectivity index (χ1) is 10.9. The van der Waals surface area contributed by atoms with Gasteiger partial charge in [0.15, 0.2) is 5.96 Å². The fraction of sp³-hybridized carbons (Fsp3) is 0.562. The lowest BCUT2D eigenvalue weighted by atomic mass is 10.1. The van der Waals surface area contributed by atoms with Crippen LogP contribution in [-0.4, -0.2) is 38.9 Å². The Morgan fingerprint density at radius 2 is 1.92 bits per heavy atom. The van der Waals surface area contributed by atoms with Gasteiger partial charge >= 0.3 is 6.18 Å². The summed E-state index contributed by atoms with van der Waals surface area (Å²) in [5.74, 6) is 1.20. The molecule has 0 bridgehead atoms. The van der Waals surface area contributed by atoms with Crippen molar-refractivity contribution in [2.45, 2.75) is 32.4 Å². The van der Waals surface area contributed by atoms with Crippen molar-refractivity contribution in [1.29, 1.82) is 0 Å². The highest BCUT2D eigenvalue weighted by molar-refractivity contribution is 14.0. The van der Waals surface area contributed by atoms with Crippen LogP contribution in [0.4, 0.5) is 13.2 Å². The number of nitrogens with one attached hydrogen (secondary N) is 2. The summed E-state index contributed by atoms with van der Waals surface area (Å²) in [5.41, 5.74) is 1.09. The first kappa shape index (κ1) is 22.8.